The van der Waals surface area contributed by atoms with Gasteiger partial charge in [-0.1, -0.05) is 74.5 Å². The summed E-state index contributed by atoms with van der Waals surface area (Å²) in [6.07, 6.45) is 0.637. The highest BCUT2D eigenvalue weighted by molar-refractivity contribution is 5.76. The lowest BCUT2D eigenvalue weighted by Gasteiger charge is -2.29. The van der Waals surface area contributed by atoms with Crippen LogP contribution in [0.4, 0.5) is 0 Å². The number of carbonyl (C=O) groups is 1. The molecule has 0 aliphatic rings. The van der Waals surface area contributed by atoms with Gasteiger partial charge in [0.05, 0.1) is 0 Å². The van der Waals surface area contributed by atoms with Gasteiger partial charge in [-0.05, 0) is 23.5 Å². The Labute approximate surface area is 138 Å². The molecule has 2 N–H and O–H groups in total. The molecule has 122 valence electrons. The zero-order valence-electron chi connectivity index (χ0n) is 13.8. The molecule has 0 atom stereocenters. The van der Waals surface area contributed by atoms with Crippen LogP contribution in [0.15, 0.2) is 60.7 Å². The van der Waals surface area contributed by atoms with E-state index in [0.717, 1.165) is 11.1 Å². The van der Waals surface area contributed by atoms with Crippen molar-refractivity contribution in [3.05, 3.63) is 71.8 Å². The molecule has 2 rings (SSSR count). The van der Waals surface area contributed by atoms with Crippen LogP contribution in [0.25, 0.3) is 0 Å². The number of carbonyl (C=O) groups excluding carboxylic acids is 1. The van der Waals surface area contributed by atoms with Gasteiger partial charge in [-0.3, -0.25) is 4.79 Å². The van der Waals surface area contributed by atoms with E-state index in [1.54, 1.807) is 0 Å². The summed E-state index contributed by atoms with van der Waals surface area (Å²) in [5.74, 6) is 0.394. The van der Waals surface area contributed by atoms with Crippen LogP contribution in [0.3, 0.4) is 0 Å². The molecule has 2 aromatic rings. The number of nitrogens with one attached hydrogen (secondary N) is 1. The van der Waals surface area contributed by atoms with Crippen LogP contribution in [-0.4, -0.2) is 17.6 Å². The lowest BCUT2D eigenvalue weighted by molar-refractivity contribution is -0.122. The van der Waals surface area contributed by atoms with Crippen LogP contribution in [0.1, 0.15) is 37.8 Å². The van der Waals surface area contributed by atoms with Crippen molar-refractivity contribution in [2.45, 2.75) is 32.3 Å². The van der Waals surface area contributed by atoms with Crippen molar-refractivity contribution in [1.82, 2.24) is 5.32 Å². The van der Waals surface area contributed by atoms with Crippen LogP contribution in [0.5, 0.6) is 0 Å². The van der Waals surface area contributed by atoms with Crippen LogP contribution in [-0.2, 0) is 10.4 Å². The highest BCUT2D eigenvalue weighted by atomic mass is 16.3. The number of hydrogen-bond donors (Lipinski definition) is 2. The van der Waals surface area contributed by atoms with E-state index < -0.39 is 5.60 Å². The molecule has 1 amide bonds. The third kappa shape index (κ3) is 4.67. The van der Waals surface area contributed by atoms with Crippen molar-refractivity contribution in [3.63, 3.8) is 0 Å². The molecule has 0 aliphatic carbocycles. The first kappa shape index (κ1) is 17.2. The van der Waals surface area contributed by atoms with Gasteiger partial charge < -0.3 is 10.4 Å². The van der Waals surface area contributed by atoms with Crippen molar-refractivity contribution >= 4 is 5.91 Å². The van der Waals surface area contributed by atoms with E-state index in [9.17, 15) is 9.90 Å². The fraction of sp³-hybridized carbons (Fsp3) is 0.350. The van der Waals surface area contributed by atoms with E-state index in [4.69, 9.17) is 0 Å². The largest absolute Gasteiger partial charge is 0.380 e. The Balaban J connectivity index is 2.17. The molecule has 0 spiro atoms. The Kier molecular flexibility index (Phi) is 5.94. The predicted octanol–water partition coefficient (Wildman–Crippen LogP) is 3.47. The van der Waals surface area contributed by atoms with Gasteiger partial charge in [-0.25, -0.2) is 0 Å². The second kappa shape index (κ2) is 7.93. The first-order valence-corrected chi connectivity index (χ1v) is 8.12. The van der Waals surface area contributed by atoms with E-state index >= 15 is 0 Å². The molecule has 3 heteroatoms. The molecule has 0 radical (unpaired) electrons. The van der Waals surface area contributed by atoms with Crippen LogP contribution < -0.4 is 5.32 Å². The number of amides is 1. The number of rotatable bonds is 7. The summed E-state index contributed by atoms with van der Waals surface area (Å²) in [5, 5.41) is 14.2. The Morgan fingerprint density at radius 1 is 1.00 bits per heavy atom. The van der Waals surface area contributed by atoms with Crippen molar-refractivity contribution in [2.24, 2.45) is 5.92 Å². The van der Waals surface area contributed by atoms with E-state index in [-0.39, 0.29) is 12.3 Å². The van der Waals surface area contributed by atoms with Gasteiger partial charge in [0.2, 0.25) is 5.91 Å². The molecule has 0 saturated carbocycles. The zero-order chi connectivity index (χ0) is 16.7. The maximum atomic E-state index is 12.0. The van der Waals surface area contributed by atoms with Gasteiger partial charge in [-0.15, -0.1) is 0 Å². The van der Waals surface area contributed by atoms with Crippen molar-refractivity contribution in [2.75, 3.05) is 6.54 Å². The summed E-state index contributed by atoms with van der Waals surface area (Å²) in [6, 6.07) is 19.1. The summed E-state index contributed by atoms with van der Waals surface area (Å²) in [4.78, 5) is 12.0. The minimum atomic E-state index is -1.16. The summed E-state index contributed by atoms with van der Waals surface area (Å²) in [7, 11) is 0. The monoisotopic (exact) mass is 311 g/mol. The Morgan fingerprint density at radius 3 is 1.91 bits per heavy atom. The zero-order valence-corrected chi connectivity index (χ0v) is 13.8. The molecular weight excluding hydrogens is 286 g/mol. The quantitative estimate of drug-likeness (QED) is 0.822. The number of aliphatic hydroxyl groups is 1. The van der Waals surface area contributed by atoms with Crippen LogP contribution in [0.2, 0.25) is 0 Å². The fourth-order valence-corrected chi connectivity index (χ4v) is 2.58. The lowest BCUT2D eigenvalue weighted by Crippen LogP contribution is -2.32. The van der Waals surface area contributed by atoms with E-state index in [1.165, 1.54) is 0 Å². The standard InChI is InChI=1S/C20H25NO2/c1-16(2)15-21-19(22)13-14-20(23,17-9-5-3-6-10-17)18-11-7-4-8-12-18/h3-12,16,23H,13-15H2,1-2H3,(H,21,22). The lowest BCUT2D eigenvalue weighted by atomic mass is 9.82. The van der Waals surface area contributed by atoms with Crippen molar-refractivity contribution in [1.29, 1.82) is 0 Å². The minimum absolute atomic E-state index is 0.0241. The second-order valence-corrected chi connectivity index (χ2v) is 6.29. The summed E-state index contributed by atoms with van der Waals surface area (Å²) in [6.45, 7) is 4.78. The maximum absolute atomic E-state index is 12.0. The van der Waals surface area contributed by atoms with Crippen molar-refractivity contribution in [3.8, 4) is 0 Å². The summed E-state index contributed by atoms with van der Waals surface area (Å²) < 4.78 is 0. The summed E-state index contributed by atoms with van der Waals surface area (Å²) in [5.41, 5.74) is 0.461. The number of benzene rings is 2. The smallest absolute Gasteiger partial charge is 0.220 e. The second-order valence-electron chi connectivity index (χ2n) is 6.29. The van der Waals surface area contributed by atoms with Crippen LogP contribution >= 0.6 is 0 Å². The van der Waals surface area contributed by atoms with Gasteiger partial charge in [0.1, 0.15) is 5.60 Å². The molecule has 0 bridgehead atoms. The average molecular weight is 311 g/mol. The maximum Gasteiger partial charge on any atom is 0.220 e. The number of hydrogen-bond acceptors (Lipinski definition) is 2. The van der Waals surface area contributed by atoms with E-state index in [1.807, 2.05) is 60.7 Å². The first-order valence-electron chi connectivity index (χ1n) is 8.12. The third-order valence-corrected chi connectivity index (χ3v) is 3.92. The molecular formula is C20H25NO2. The van der Waals surface area contributed by atoms with Gasteiger partial charge in [-0.2, -0.15) is 0 Å². The normalized spacial score (nSPS) is 11.5. The minimum Gasteiger partial charge on any atom is -0.380 e. The third-order valence-electron chi connectivity index (χ3n) is 3.92. The SMILES string of the molecule is CC(C)CNC(=O)CCC(O)(c1ccccc1)c1ccccc1. The molecule has 0 heterocycles. The van der Waals surface area contributed by atoms with Gasteiger partial charge >= 0.3 is 0 Å². The Hall–Kier alpha value is -2.13. The first-order chi connectivity index (χ1) is 11.0. The molecule has 2 aromatic carbocycles. The van der Waals surface area contributed by atoms with Gasteiger partial charge in [0, 0.05) is 13.0 Å². The molecule has 0 aromatic heterocycles. The van der Waals surface area contributed by atoms with Crippen LogP contribution in [0, 0.1) is 5.92 Å². The van der Waals surface area contributed by atoms with Gasteiger partial charge in [0.15, 0.2) is 0 Å². The van der Waals surface area contributed by atoms with E-state index in [2.05, 4.69) is 19.2 Å². The highest BCUT2D eigenvalue weighted by Gasteiger charge is 2.31. The van der Waals surface area contributed by atoms with E-state index in [0.29, 0.717) is 18.9 Å². The van der Waals surface area contributed by atoms with Gasteiger partial charge in [0.25, 0.3) is 0 Å². The topological polar surface area (TPSA) is 49.3 Å². The summed E-state index contributed by atoms with van der Waals surface area (Å²) >= 11 is 0. The molecule has 0 fully saturated rings. The molecule has 0 unspecified atom stereocenters. The molecule has 3 nitrogen and oxygen atoms in total. The Bertz CT molecular complexity index is 569. The fourth-order valence-electron chi connectivity index (χ4n) is 2.58. The predicted molar refractivity (Wildman–Crippen MR) is 93.0 cm³/mol. The molecule has 23 heavy (non-hydrogen) atoms. The molecule has 0 saturated heterocycles. The highest BCUT2D eigenvalue weighted by Crippen LogP contribution is 2.33. The van der Waals surface area contributed by atoms with Crippen molar-refractivity contribution < 1.29 is 9.90 Å². The Morgan fingerprint density at radius 2 is 1.48 bits per heavy atom. The molecule has 0 aliphatic heterocycles. The average Bonchev–Trinajstić information content (AvgIpc) is 2.59.